The molecule has 0 aromatic heterocycles. The van der Waals surface area contributed by atoms with E-state index in [2.05, 4.69) is 9.47 Å². The van der Waals surface area contributed by atoms with E-state index in [-0.39, 0.29) is 6.10 Å². The smallest absolute Gasteiger partial charge is 0.330 e. The summed E-state index contributed by atoms with van der Waals surface area (Å²) in [6.45, 7) is 3.44. The Balaban J connectivity index is 3.82. The number of carboxylic acid groups (broad SMARTS) is 1. The van der Waals surface area contributed by atoms with Crippen molar-refractivity contribution in [2.75, 3.05) is 0 Å². The van der Waals surface area contributed by atoms with Crippen LogP contribution in [0.15, 0.2) is 11.6 Å². The number of hydrogen-bond donors (Lipinski definition) is 1. The van der Waals surface area contributed by atoms with Gasteiger partial charge in [0.15, 0.2) is 0 Å². The second-order valence-electron chi connectivity index (χ2n) is 2.37. The van der Waals surface area contributed by atoms with Gasteiger partial charge < -0.3 is 9.63 Å². The Morgan fingerprint density at radius 2 is 2.36 bits per heavy atom. The van der Waals surface area contributed by atoms with Crippen molar-refractivity contribution in [1.29, 1.82) is 0 Å². The predicted molar refractivity (Wildman–Crippen MR) is 46.3 cm³/mol. The van der Waals surface area contributed by atoms with Crippen molar-refractivity contribution in [3.05, 3.63) is 11.6 Å². The molecule has 0 fully saturated rings. The third-order valence-electron chi connectivity index (χ3n) is 1.33. The Morgan fingerprint density at radius 1 is 1.82 bits per heavy atom. The molecular formula is C7H13O3P. The number of aliphatic carboxylic acids is 1. The third-order valence-corrected chi connectivity index (χ3v) is 1.79. The average Bonchev–Trinajstić information content (AvgIpc) is 1.99. The summed E-state index contributed by atoms with van der Waals surface area (Å²) < 4.78 is 4.86. The van der Waals surface area contributed by atoms with Gasteiger partial charge in [0.25, 0.3) is 0 Å². The molecule has 2 unspecified atom stereocenters. The van der Waals surface area contributed by atoms with Crippen molar-refractivity contribution >= 4 is 15.4 Å². The first kappa shape index (κ1) is 10.6. The second-order valence-corrected chi connectivity index (χ2v) is 2.65. The summed E-state index contributed by atoms with van der Waals surface area (Å²) in [5.41, 5.74) is 0.360. The molecule has 11 heavy (non-hydrogen) atoms. The molecule has 0 heterocycles. The SMILES string of the molecule is CC(=CCC(C)OP)C(=O)O. The Bertz CT molecular complexity index is 165. The van der Waals surface area contributed by atoms with Gasteiger partial charge in [-0.1, -0.05) is 6.08 Å². The summed E-state index contributed by atoms with van der Waals surface area (Å²) in [5, 5.41) is 8.45. The Kier molecular flexibility index (Phi) is 5.08. The van der Waals surface area contributed by atoms with Crippen molar-refractivity contribution in [1.82, 2.24) is 0 Å². The number of hydrogen-bond acceptors (Lipinski definition) is 2. The maximum absolute atomic E-state index is 10.3. The van der Waals surface area contributed by atoms with Gasteiger partial charge in [-0.05, 0) is 20.3 Å². The lowest BCUT2D eigenvalue weighted by Crippen LogP contribution is -2.01. The zero-order valence-corrected chi connectivity index (χ0v) is 7.86. The lowest BCUT2D eigenvalue weighted by molar-refractivity contribution is -0.132. The quantitative estimate of drug-likeness (QED) is 0.522. The second kappa shape index (κ2) is 5.28. The molecule has 0 rings (SSSR count). The molecule has 0 aliphatic rings. The maximum atomic E-state index is 10.3. The standard InChI is InChI=1S/C7H13O3P/c1-5(7(8)9)3-4-6(2)10-11/h3,6H,4,11H2,1-2H3,(H,8,9). The van der Waals surface area contributed by atoms with Crippen LogP contribution in [0, 0.1) is 0 Å². The number of carbonyl (C=O) groups is 1. The topological polar surface area (TPSA) is 46.5 Å². The van der Waals surface area contributed by atoms with Crippen LogP contribution in [0.2, 0.25) is 0 Å². The minimum Gasteiger partial charge on any atom is -0.478 e. The molecule has 64 valence electrons. The molecule has 2 atom stereocenters. The summed E-state index contributed by atoms with van der Waals surface area (Å²) in [5.74, 6) is -0.874. The molecule has 0 saturated heterocycles. The molecule has 1 N–H and O–H groups in total. The molecule has 0 aliphatic heterocycles. The van der Waals surface area contributed by atoms with Gasteiger partial charge in [-0.25, -0.2) is 4.79 Å². The van der Waals surface area contributed by atoms with Crippen molar-refractivity contribution in [2.45, 2.75) is 26.4 Å². The largest absolute Gasteiger partial charge is 0.478 e. The van der Waals surface area contributed by atoms with Gasteiger partial charge in [0.2, 0.25) is 0 Å². The van der Waals surface area contributed by atoms with Crippen molar-refractivity contribution < 1.29 is 14.4 Å². The van der Waals surface area contributed by atoms with Crippen LogP contribution in [0.4, 0.5) is 0 Å². The van der Waals surface area contributed by atoms with E-state index in [0.29, 0.717) is 12.0 Å². The molecule has 0 amide bonds. The van der Waals surface area contributed by atoms with E-state index in [1.807, 2.05) is 6.92 Å². The summed E-state index contributed by atoms with van der Waals surface area (Å²) in [4.78, 5) is 10.3. The molecular weight excluding hydrogens is 163 g/mol. The van der Waals surface area contributed by atoms with E-state index in [1.165, 1.54) is 0 Å². The van der Waals surface area contributed by atoms with Crippen LogP contribution in [0.1, 0.15) is 20.3 Å². The molecule has 0 spiro atoms. The fraction of sp³-hybridized carbons (Fsp3) is 0.571. The molecule has 0 aliphatic carbocycles. The molecule has 3 nitrogen and oxygen atoms in total. The van der Waals surface area contributed by atoms with Crippen molar-refractivity contribution in [3.8, 4) is 0 Å². The Labute approximate surface area is 68.7 Å². The molecule has 0 aromatic rings. The van der Waals surface area contributed by atoms with Crippen LogP contribution in [0.5, 0.6) is 0 Å². The first-order valence-corrected chi connectivity index (χ1v) is 3.80. The fourth-order valence-corrected chi connectivity index (χ4v) is 0.597. The van der Waals surface area contributed by atoms with Crippen molar-refractivity contribution in [2.24, 2.45) is 0 Å². The summed E-state index contributed by atoms with van der Waals surface area (Å²) in [6.07, 6.45) is 2.33. The maximum Gasteiger partial charge on any atom is 0.330 e. The zero-order chi connectivity index (χ0) is 8.85. The van der Waals surface area contributed by atoms with Gasteiger partial charge in [0, 0.05) is 15.0 Å². The summed E-state index contributed by atoms with van der Waals surface area (Å²) in [6, 6.07) is 0. The monoisotopic (exact) mass is 176 g/mol. The Hall–Kier alpha value is -0.400. The van der Waals surface area contributed by atoms with Gasteiger partial charge in [0.05, 0.1) is 6.10 Å². The molecule has 0 radical (unpaired) electrons. The highest BCUT2D eigenvalue weighted by molar-refractivity contribution is 7.09. The first-order chi connectivity index (χ1) is 5.07. The van der Waals surface area contributed by atoms with E-state index >= 15 is 0 Å². The van der Waals surface area contributed by atoms with Gasteiger partial charge in [-0.2, -0.15) is 0 Å². The highest BCUT2D eigenvalue weighted by atomic mass is 31.0. The summed E-state index contributed by atoms with van der Waals surface area (Å²) in [7, 11) is 2.15. The normalized spacial score (nSPS) is 14.6. The van der Waals surface area contributed by atoms with E-state index < -0.39 is 5.97 Å². The van der Waals surface area contributed by atoms with E-state index in [1.54, 1.807) is 13.0 Å². The van der Waals surface area contributed by atoms with Crippen LogP contribution in [-0.2, 0) is 9.32 Å². The number of rotatable bonds is 4. The van der Waals surface area contributed by atoms with E-state index in [0.717, 1.165) is 0 Å². The third kappa shape index (κ3) is 4.93. The van der Waals surface area contributed by atoms with Crippen LogP contribution in [0.3, 0.4) is 0 Å². The molecule has 0 aromatic carbocycles. The molecule has 4 heteroatoms. The number of carboxylic acids is 1. The van der Waals surface area contributed by atoms with E-state index in [4.69, 9.17) is 9.63 Å². The fourth-order valence-electron chi connectivity index (χ4n) is 0.486. The Morgan fingerprint density at radius 3 is 2.73 bits per heavy atom. The van der Waals surface area contributed by atoms with Crippen LogP contribution >= 0.6 is 9.47 Å². The first-order valence-electron chi connectivity index (χ1n) is 3.33. The molecule has 0 bridgehead atoms. The van der Waals surface area contributed by atoms with Gasteiger partial charge in [0.1, 0.15) is 0 Å². The zero-order valence-electron chi connectivity index (χ0n) is 6.70. The minimum absolute atomic E-state index is 0.0503. The van der Waals surface area contributed by atoms with Crippen LogP contribution in [-0.4, -0.2) is 17.2 Å². The summed E-state index contributed by atoms with van der Waals surface area (Å²) >= 11 is 0. The minimum atomic E-state index is -0.874. The van der Waals surface area contributed by atoms with E-state index in [9.17, 15) is 4.79 Å². The average molecular weight is 176 g/mol. The van der Waals surface area contributed by atoms with Crippen LogP contribution in [0.25, 0.3) is 0 Å². The van der Waals surface area contributed by atoms with Crippen LogP contribution < -0.4 is 0 Å². The lowest BCUT2D eigenvalue weighted by atomic mass is 10.2. The highest BCUT2D eigenvalue weighted by Crippen LogP contribution is 2.05. The van der Waals surface area contributed by atoms with Gasteiger partial charge in [-0.3, -0.25) is 0 Å². The van der Waals surface area contributed by atoms with Crippen molar-refractivity contribution in [3.63, 3.8) is 0 Å². The highest BCUT2D eigenvalue weighted by Gasteiger charge is 2.01. The van der Waals surface area contributed by atoms with Gasteiger partial charge >= 0.3 is 5.97 Å². The predicted octanol–water partition coefficient (Wildman–Crippen LogP) is 1.60. The lowest BCUT2D eigenvalue weighted by Gasteiger charge is -2.04. The molecule has 0 saturated carbocycles. The van der Waals surface area contributed by atoms with Gasteiger partial charge in [-0.15, -0.1) is 0 Å².